The maximum atomic E-state index is 12.5. The van der Waals surface area contributed by atoms with Gasteiger partial charge < -0.3 is 14.6 Å². The predicted octanol–water partition coefficient (Wildman–Crippen LogP) is 1.25. The molecule has 1 amide bonds. The van der Waals surface area contributed by atoms with Gasteiger partial charge in [-0.15, -0.1) is 0 Å². The maximum Gasteiger partial charge on any atom is 0.335 e. The van der Waals surface area contributed by atoms with E-state index in [0.717, 1.165) is 32.6 Å². The molecule has 0 saturated carbocycles. The molecular weight excluding hydrogens is 256 g/mol. The van der Waals surface area contributed by atoms with Gasteiger partial charge in [0, 0.05) is 31.1 Å². The first-order valence-corrected chi connectivity index (χ1v) is 7.27. The first kappa shape index (κ1) is 13.4. The van der Waals surface area contributed by atoms with Crippen LogP contribution in [0.5, 0.6) is 0 Å². The molecule has 0 radical (unpaired) electrons. The molecule has 2 fully saturated rings. The summed E-state index contributed by atoms with van der Waals surface area (Å²) in [7, 11) is 0. The molecule has 1 atom stereocenters. The highest BCUT2D eigenvalue weighted by atomic mass is 16.4. The summed E-state index contributed by atoms with van der Waals surface area (Å²) >= 11 is 0. The quantitative estimate of drug-likeness (QED) is 0.838. The number of piperidine rings is 2. The van der Waals surface area contributed by atoms with Crippen LogP contribution in [0, 0.1) is 5.41 Å². The zero-order valence-electron chi connectivity index (χ0n) is 11.6. The van der Waals surface area contributed by atoms with Crippen molar-refractivity contribution in [3.05, 3.63) is 34.4 Å². The van der Waals surface area contributed by atoms with E-state index in [4.69, 9.17) is 4.42 Å². The van der Waals surface area contributed by atoms with Crippen LogP contribution in [0.2, 0.25) is 0 Å². The monoisotopic (exact) mass is 276 g/mol. The molecule has 2 saturated heterocycles. The first-order valence-electron chi connectivity index (χ1n) is 7.27. The lowest BCUT2D eigenvalue weighted by atomic mass is 9.74. The number of carbonyl (C=O) groups excluding carboxylic acids is 1. The molecule has 0 bridgehead atoms. The molecule has 20 heavy (non-hydrogen) atoms. The van der Waals surface area contributed by atoms with Crippen molar-refractivity contribution in [2.24, 2.45) is 5.41 Å². The van der Waals surface area contributed by atoms with Crippen LogP contribution >= 0.6 is 0 Å². The Hall–Kier alpha value is -1.62. The van der Waals surface area contributed by atoms with E-state index in [-0.39, 0.29) is 11.3 Å². The van der Waals surface area contributed by atoms with Gasteiger partial charge in [0.2, 0.25) is 0 Å². The highest BCUT2D eigenvalue weighted by molar-refractivity contribution is 5.93. The van der Waals surface area contributed by atoms with E-state index in [0.29, 0.717) is 5.56 Å². The largest absolute Gasteiger partial charge is 0.430 e. The van der Waals surface area contributed by atoms with Crippen molar-refractivity contribution in [3.63, 3.8) is 0 Å². The number of nitrogens with zero attached hydrogens (tertiary/aromatic N) is 1. The van der Waals surface area contributed by atoms with Gasteiger partial charge in [0.25, 0.3) is 5.91 Å². The fourth-order valence-electron chi connectivity index (χ4n) is 3.42. The minimum Gasteiger partial charge on any atom is -0.430 e. The smallest absolute Gasteiger partial charge is 0.335 e. The molecule has 1 unspecified atom stereocenters. The van der Waals surface area contributed by atoms with Crippen molar-refractivity contribution in [2.75, 3.05) is 26.2 Å². The topological polar surface area (TPSA) is 62.6 Å². The molecule has 3 rings (SSSR count). The van der Waals surface area contributed by atoms with Gasteiger partial charge in [0.15, 0.2) is 0 Å². The van der Waals surface area contributed by atoms with Crippen LogP contribution in [0.1, 0.15) is 36.0 Å². The van der Waals surface area contributed by atoms with Crippen LogP contribution in [0.3, 0.4) is 0 Å². The minimum absolute atomic E-state index is 0.0293. The summed E-state index contributed by atoms with van der Waals surface area (Å²) in [5.41, 5.74) is 0.278. The van der Waals surface area contributed by atoms with Gasteiger partial charge in [0.1, 0.15) is 6.26 Å². The summed E-state index contributed by atoms with van der Waals surface area (Å²) in [5, 5.41) is 3.45. The molecule has 0 aliphatic carbocycles. The third-order valence-electron chi connectivity index (χ3n) is 4.46. The van der Waals surface area contributed by atoms with Crippen LogP contribution in [0.15, 0.2) is 27.6 Å². The zero-order valence-corrected chi connectivity index (χ0v) is 11.6. The molecule has 1 aromatic rings. The summed E-state index contributed by atoms with van der Waals surface area (Å²) in [6.45, 7) is 3.68. The SMILES string of the molecule is O=C(c1ccc(=O)oc1)N1CCCC2(CCCNC2)C1. The van der Waals surface area contributed by atoms with Gasteiger partial charge in [-0.3, -0.25) is 4.79 Å². The second kappa shape index (κ2) is 5.40. The second-order valence-electron chi connectivity index (χ2n) is 5.95. The molecule has 108 valence electrons. The molecule has 5 nitrogen and oxygen atoms in total. The molecule has 0 aromatic carbocycles. The number of amides is 1. The van der Waals surface area contributed by atoms with Gasteiger partial charge in [-0.05, 0) is 38.3 Å². The lowest BCUT2D eigenvalue weighted by Gasteiger charge is -2.45. The highest BCUT2D eigenvalue weighted by Gasteiger charge is 2.38. The van der Waals surface area contributed by atoms with Crippen LogP contribution < -0.4 is 10.9 Å². The third kappa shape index (κ3) is 2.63. The Morgan fingerprint density at radius 1 is 1.30 bits per heavy atom. The number of hydrogen-bond acceptors (Lipinski definition) is 4. The fourth-order valence-corrected chi connectivity index (χ4v) is 3.42. The Kier molecular flexibility index (Phi) is 3.61. The third-order valence-corrected chi connectivity index (χ3v) is 4.46. The summed E-state index contributed by atoms with van der Waals surface area (Å²) in [4.78, 5) is 25.4. The van der Waals surface area contributed by atoms with Gasteiger partial charge in [-0.25, -0.2) is 4.79 Å². The Morgan fingerprint density at radius 3 is 2.85 bits per heavy atom. The number of carbonyl (C=O) groups is 1. The van der Waals surface area contributed by atoms with Gasteiger partial charge >= 0.3 is 5.63 Å². The van der Waals surface area contributed by atoms with E-state index in [2.05, 4.69) is 5.32 Å². The Labute approximate surface area is 118 Å². The minimum atomic E-state index is -0.423. The lowest BCUT2D eigenvalue weighted by molar-refractivity contribution is 0.0432. The molecule has 1 N–H and O–H groups in total. The fraction of sp³-hybridized carbons (Fsp3) is 0.600. The van der Waals surface area contributed by atoms with E-state index in [9.17, 15) is 9.59 Å². The number of hydrogen-bond donors (Lipinski definition) is 1. The summed E-state index contributed by atoms with van der Waals surface area (Å²) < 4.78 is 4.79. The van der Waals surface area contributed by atoms with Crippen LogP contribution in [0.4, 0.5) is 0 Å². The van der Waals surface area contributed by atoms with Crippen molar-refractivity contribution >= 4 is 5.91 Å². The number of rotatable bonds is 1. The van der Waals surface area contributed by atoms with Crippen LogP contribution in [-0.2, 0) is 0 Å². The van der Waals surface area contributed by atoms with Crippen molar-refractivity contribution in [2.45, 2.75) is 25.7 Å². The standard InChI is InChI=1S/C15H20N2O3/c18-13-4-3-12(9-20-13)14(19)17-8-2-6-15(11-17)5-1-7-16-10-15/h3-4,9,16H,1-2,5-8,10-11H2. The number of likely N-dealkylation sites (tertiary alicyclic amines) is 1. The Morgan fingerprint density at radius 2 is 2.15 bits per heavy atom. The summed E-state index contributed by atoms with van der Waals surface area (Å²) in [5.74, 6) is -0.0293. The Balaban J connectivity index is 1.74. The molecule has 1 aromatic heterocycles. The molecule has 3 heterocycles. The van der Waals surface area contributed by atoms with E-state index in [1.165, 1.54) is 31.6 Å². The lowest BCUT2D eigenvalue weighted by Crippen LogP contribution is -2.52. The van der Waals surface area contributed by atoms with Crippen molar-refractivity contribution < 1.29 is 9.21 Å². The van der Waals surface area contributed by atoms with Gasteiger partial charge in [0.05, 0.1) is 5.56 Å². The van der Waals surface area contributed by atoms with Crippen LogP contribution in [-0.4, -0.2) is 37.0 Å². The number of nitrogens with one attached hydrogen (secondary N) is 1. The van der Waals surface area contributed by atoms with Crippen molar-refractivity contribution in [1.82, 2.24) is 10.2 Å². The average Bonchev–Trinajstić information content (AvgIpc) is 2.48. The van der Waals surface area contributed by atoms with E-state index in [1.807, 2.05) is 4.90 Å². The van der Waals surface area contributed by atoms with Crippen molar-refractivity contribution in [1.29, 1.82) is 0 Å². The maximum absolute atomic E-state index is 12.5. The van der Waals surface area contributed by atoms with E-state index < -0.39 is 5.63 Å². The molecule has 2 aliphatic heterocycles. The average molecular weight is 276 g/mol. The second-order valence-corrected chi connectivity index (χ2v) is 5.95. The summed E-state index contributed by atoms with van der Waals surface area (Å²) in [6, 6.07) is 2.85. The normalized spacial score (nSPS) is 26.7. The Bertz CT molecular complexity index is 520. The first-order chi connectivity index (χ1) is 9.69. The summed E-state index contributed by atoms with van der Waals surface area (Å²) in [6.07, 6.45) is 5.87. The van der Waals surface area contributed by atoms with Gasteiger partial charge in [-0.1, -0.05) is 0 Å². The molecule has 1 spiro atoms. The molecule has 2 aliphatic rings. The predicted molar refractivity (Wildman–Crippen MR) is 74.7 cm³/mol. The molecule has 5 heteroatoms. The van der Waals surface area contributed by atoms with Gasteiger partial charge in [-0.2, -0.15) is 0 Å². The highest BCUT2D eigenvalue weighted by Crippen LogP contribution is 2.36. The van der Waals surface area contributed by atoms with Crippen LogP contribution in [0.25, 0.3) is 0 Å². The van der Waals surface area contributed by atoms with Crippen molar-refractivity contribution in [3.8, 4) is 0 Å². The van der Waals surface area contributed by atoms with E-state index in [1.54, 1.807) is 6.07 Å². The molecular formula is C15H20N2O3. The zero-order chi connectivity index (χ0) is 14.0. The van der Waals surface area contributed by atoms with E-state index >= 15 is 0 Å².